The summed E-state index contributed by atoms with van der Waals surface area (Å²) in [4.78, 5) is 2.42. The largest absolute Gasteiger partial charge is 0.304 e. The van der Waals surface area contributed by atoms with E-state index in [-0.39, 0.29) is 0 Å². The van der Waals surface area contributed by atoms with Gasteiger partial charge < -0.3 is 4.90 Å². The van der Waals surface area contributed by atoms with Gasteiger partial charge in [-0.25, -0.2) is 0 Å². The van der Waals surface area contributed by atoms with E-state index >= 15 is 0 Å². The quantitative estimate of drug-likeness (QED) is 0.612. The van der Waals surface area contributed by atoms with Gasteiger partial charge in [0.05, 0.1) is 0 Å². The SMILES string of the molecule is CC1CC(NN(C)C)CCN1C. The average Bonchev–Trinajstić information content (AvgIpc) is 1.96. The van der Waals surface area contributed by atoms with Crippen molar-refractivity contribution in [2.45, 2.75) is 31.8 Å². The molecule has 3 heteroatoms. The molecule has 3 nitrogen and oxygen atoms in total. The first-order chi connectivity index (χ1) is 5.59. The van der Waals surface area contributed by atoms with E-state index in [1.54, 1.807) is 0 Å². The lowest BCUT2D eigenvalue weighted by Crippen LogP contribution is -2.49. The lowest BCUT2D eigenvalue weighted by atomic mass is 10.00. The maximum absolute atomic E-state index is 3.44. The molecule has 1 aliphatic rings. The van der Waals surface area contributed by atoms with Crippen molar-refractivity contribution in [3.63, 3.8) is 0 Å². The fraction of sp³-hybridized carbons (Fsp3) is 1.00. The van der Waals surface area contributed by atoms with E-state index in [9.17, 15) is 0 Å². The van der Waals surface area contributed by atoms with Gasteiger partial charge in [0, 0.05) is 26.2 Å². The average molecular weight is 171 g/mol. The molecule has 0 aromatic rings. The second kappa shape index (κ2) is 4.21. The molecule has 1 aliphatic heterocycles. The van der Waals surface area contributed by atoms with Gasteiger partial charge in [-0.05, 0) is 33.4 Å². The van der Waals surface area contributed by atoms with Crippen LogP contribution in [0, 0.1) is 0 Å². The van der Waals surface area contributed by atoms with Crippen LogP contribution in [0.5, 0.6) is 0 Å². The molecule has 1 fully saturated rings. The van der Waals surface area contributed by atoms with E-state index < -0.39 is 0 Å². The zero-order valence-corrected chi connectivity index (χ0v) is 8.67. The summed E-state index contributed by atoms with van der Waals surface area (Å²) in [5, 5.41) is 2.06. The molecule has 2 atom stereocenters. The summed E-state index contributed by atoms with van der Waals surface area (Å²) >= 11 is 0. The van der Waals surface area contributed by atoms with Crippen molar-refractivity contribution in [3.05, 3.63) is 0 Å². The van der Waals surface area contributed by atoms with Gasteiger partial charge in [-0.2, -0.15) is 0 Å². The number of likely N-dealkylation sites (tertiary alicyclic amines) is 1. The molecule has 12 heavy (non-hydrogen) atoms. The highest BCUT2D eigenvalue weighted by Gasteiger charge is 2.22. The van der Waals surface area contributed by atoms with Crippen LogP contribution in [-0.2, 0) is 0 Å². The van der Waals surface area contributed by atoms with E-state index in [1.165, 1.54) is 19.4 Å². The van der Waals surface area contributed by atoms with Crippen LogP contribution in [0.3, 0.4) is 0 Å². The maximum Gasteiger partial charge on any atom is 0.0242 e. The van der Waals surface area contributed by atoms with Gasteiger partial charge in [-0.15, -0.1) is 0 Å². The standard InChI is InChI=1S/C9H21N3/c1-8-7-9(10-11(2)3)5-6-12(8)4/h8-10H,5-7H2,1-4H3. The lowest BCUT2D eigenvalue weighted by molar-refractivity contribution is 0.126. The van der Waals surface area contributed by atoms with Crippen LogP contribution in [0.2, 0.25) is 0 Å². The van der Waals surface area contributed by atoms with Gasteiger partial charge >= 0.3 is 0 Å². The van der Waals surface area contributed by atoms with Crippen LogP contribution < -0.4 is 5.43 Å². The van der Waals surface area contributed by atoms with Gasteiger partial charge in [0.25, 0.3) is 0 Å². The van der Waals surface area contributed by atoms with Crippen molar-refractivity contribution >= 4 is 0 Å². The molecule has 2 unspecified atom stereocenters. The van der Waals surface area contributed by atoms with Crippen LogP contribution in [-0.4, -0.2) is 49.7 Å². The summed E-state index contributed by atoms with van der Waals surface area (Å²) in [6.45, 7) is 3.51. The molecule has 0 radical (unpaired) electrons. The maximum atomic E-state index is 3.44. The first kappa shape index (κ1) is 9.96. The third-order valence-corrected chi connectivity index (χ3v) is 2.65. The Morgan fingerprint density at radius 2 is 2.08 bits per heavy atom. The first-order valence-corrected chi connectivity index (χ1v) is 4.73. The highest BCUT2D eigenvalue weighted by molar-refractivity contribution is 4.79. The number of piperidine rings is 1. The molecule has 0 bridgehead atoms. The minimum atomic E-state index is 0.672. The monoisotopic (exact) mass is 171 g/mol. The van der Waals surface area contributed by atoms with Crippen molar-refractivity contribution in [2.24, 2.45) is 0 Å². The van der Waals surface area contributed by atoms with Gasteiger partial charge in [-0.1, -0.05) is 0 Å². The molecule has 0 amide bonds. The van der Waals surface area contributed by atoms with Crippen molar-refractivity contribution in [1.82, 2.24) is 15.3 Å². The number of rotatable bonds is 2. The molecule has 0 saturated carbocycles. The Labute approximate surface area is 75.7 Å². The van der Waals surface area contributed by atoms with E-state index in [4.69, 9.17) is 0 Å². The van der Waals surface area contributed by atoms with Gasteiger partial charge in [0.2, 0.25) is 0 Å². The Kier molecular flexibility index (Phi) is 3.50. The van der Waals surface area contributed by atoms with Gasteiger partial charge in [0.1, 0.15) is 0 Å². The normalized spacial score (nSPS) is 32.8. The lowest BCUT2D eigenvalue weighted by Gasteiger charge is -2.36. The number of nitrogens with one attached hydrogen (secondary N) is 1. The van der Waals surface area contributed by atoms with Crippen LogP contribution in [0.15, 0.2) is 0 Å². The Bertz CT molecular complexity index is 136. The molecule has 0 aromatic heterocycles. The van der Waals surface area contributed by atoms with Crippen LogP contribution in [0.1, 0.15) is 19.8 Å². The second-order valence-electron chi connectivity index (χ2n) is 4.07. The van der Waals surface area contributed by atoms with Crippen molar-refractivity contribution in [1.29, 1.82) is 0 Å². The molecular formula is C9H21N3. The Morgan fingerprint density at radius 1 is 1.42 bits per heavy atom. The summed E-state index contributed by atoms with van der Waals surface area (Å²) < 4.78 is 0. The highest BCUT2D eigenvalue weighted by atomic mass is 15.5. The third kappa shape index (κ3) is 2.73. The van der Waals surface area contributed by atoms with Gasteiger partial charge in [-0.3, -0.25) is 10.4 Å². The number of hydrazine groups is 1. The molecular weight excluding hydrogens is 150 g/mol. The molecule has 0 aliphatic carbocycles. The molecule has 0 aromatic carbocycles. The summed E-state index contributed by atoms with van der Waals surface area (Å²) in [5.74, 6) is 0. The molecule has 1 saturated heterocycles. The van der Waals surface area contributed by atoms with Gasteiger partial charge in [0.15, 0.2) is 0 Å². The second-order valence-corrected chi connectivity index (χ2v) is 4.07. The Hall–Kier alpha value is -0.120. The van der Waals surface area contributed by atoms with Crippen molar-refractivity contribution in [2.75, 3.05) is 27.7 Å². The molecule has 1 N–H and O–H groups in total. The topological polar surface area (TPSA) is 18.5 Å². The predicted octanol–water partition coefficient (Wildman–Crippen LogP) is 0.535. The van der Waals surface area contributed by atoms with E-state index in [1.807, 2.05) is 0 Å². The van der Waals surface area contributed by atoms with E-state index in [2.05, 4.69) is 43.4 Å². The van der Waals surface area contributed by atoms with Crippen molar-refractivity contribution in [3.8, 4) is 0 Å². The smallest absolute Gasteiger partial charge is 0.0242 e. The summed E-state index contributed by atoms with van der Waals surface area (Å²) in [5.41, 5.74) is 3.44. The zero-order chi connectivity index (χ0) is 9.14. The summed E-state index contributed by atoms with van der Waals surface area (Å²) in [7, 11) is 6.32. The first-order valence-electron chi connectivity index (χ1n) is 4.73. The van der Waals surface area contributed by atoms with E-state index in [0.29, 0.717) is 6.04 Å². The fourth-order valence-corrected chi connectivity index (χ4v) is 1.77. The highest BCUT2D eigenvalue weighted by Crippen LogP contribution is 2.14. The fourth-order valence-electron chi connectivity index (χ4n) is 1.77. The number of hydrogen-bond acceptors (Lipinski definition) is 3. The van der Waals surface area contributed by atoms with Crippen molar-refractivity contribution < 1.29 is 0 Å². The number of nitrogens with zero attached hydrogens (tertiary/aromatic N) is 2. The Balaban J connectivity index is 2.30. The molecule has 1 rings (SSSR count). The number of hydrogen-bond donors (Lipinski definition) is 1. The predicted molar refractivity (Wildman–Crippen MR) is 51.9 cm³/mol. The molecule has 1 heterocycles. The van der Waals surface area contributed by atoms with E-state index in [0.717, 1.165) is 6.04 Å². The Morgan fingerprint density at radius 3 is 2.58 bits per heavy atom. The minimum Gasteiger partial charge on any atom is -0.304 e. The zero-order valence-electron chi connectivity index (χ0n) is 8.67. The van der Waals surface area contributed by atoms with Crippen LogP contribution in [0.4, 0.5) is 0 Å². The minimum absolute atomic E-state index is 0.672. The van der Waals surface area contributed by atoms with Crippen LogP contribution >= 0.6 is 0 Å². The summed E-state index contributed by atoms with van der Waals surface area (Å²) in [6.07, 6.45) is 2.52. The third-order valence-electron chi connectivity index (χ3n) is 2.65. The molecule has 72 valence electrons. The van der Waals surface area contributed by atoms with Crippen LogP contribution in [0.25, 0.3) is 0 Å². The molecule has 0 spiro atoms. The summed E-state index contributed by atoms with van der Waals surface area (Å²) in [6, 6.07) is 1.39.